The van der Waals surface area contributed by atoms with E-state index in [2.05, 4.69) is 5.28 Å². The largest absolute Gasteiger partial charge is 0.569 e. The average molecular weight is 173 g/mol. The maximum absolute atomic E-state index is 11.1. The van der Waals surface area contributed by atoms with E-state index in [9.17, 15) is 5.21 Å². The molecule has 5 heteroatoms. The summed E-state index contributed by atoms with van der Waals surface area (Å²) in [4.78, 5) is 5.36. The lowest BCUT2D eigenvalue weighted by Crippen LogP contribution is -2.27. The van der Waals surface area contributed by atoms with Crippen molar-refractivity contribution < 1.29 is 9.81 Å². The topological polar surface area (TPSA) is 50.9 Å². The van der Waals surface area contributed by atoms with Gasteiger partial charge in [0.15, 0.2) is 0 Å². The Balaban J connectivity index is 2.34. The zero-order valence-corrected chi connectivity index (χ0v) is 7.56. The summed E-state index contributed by atoms with van der Waals surface area (Å²) in [7, 11) is 0. The Kier molecular flexibility index (Phi) is 3.13. The molecule has 0 saturated carbocycles. The molecular weight excluding hydrogens is 158 g/mol. The van der Waals surface area contributed by atoms with Crippen molar-refractivity contribution in [1.29, 1.82) is 0 Å². The summed E-state index contributed by atoms with van der Waals surface area (Å²) in [6, 6.07) is 0. The molecule has 5 nitrogen and oxygen atoms in total. The Labute approximate surface area is 72.1 Å². The fraction of sp³-hybridized carbons (Fsp3) is 1.00. The van der Waals surface area contributed by atoms with E-state index in [0.29, 0.717) is 4.97 Å². The van der Waals surface area contributed by atoms with Gasteiger partial charge in [-0.3, -0.25) is 0 Å². The standard InChI is InChI=1S/C7H15N3O2/c1-7(2)12-8-10(11)9-5-3-4-6-9/h7H,3-6H2,1-2H3/b10-8-. The number of nitrogens with zero attached hydrogens (tertiary/aromatic N) is 3. The minimum atomic E-state index is -0.0379. The molecule has 1 heterocycles. The van der Waals surface area contributed by atoms with Gasteiger partial charge in [0.1, 0.15) is 6.10 Å². The van der Waals surface area contributed by atoms with Crippen molar-refractivity contribution >= 4 is 0 Å². The van der Waals surface area contributed by atoms with Crippen LogP contribution in [0.2, 0.25) is 0 Å². The van der Waals surface area contributed by atoms with E-state index in [0.717, 1.165) is 25.9 Å². The van der Waals surface area contributed by atoms with Gasteiger partial charge in [-0.05, 0) is 26.7 Å². The van der Waals surface area contributed by atoms with E-state index in [1.807, 2.05) is 13.8 Å². The Bertz CT molecular complexity index is 164. The van der Waals surface area contributed by atoms with E-state index in [-0.39, 0.29) is 6.10 Å². The van der Waals surface area contributed by atoms with E-state index in [1.165, 1.54) is 0 Å². The molecule has 0 aromatic heterocycles. The predicted octanol–water partition coefficient (Wildman–Crippen LogP) is 1.30. The summed E-state index contributed by atoms with van der Waals surface area (Å²) >= 11 is 0. The Morgan fingerprint density at radius 3 is 2.50 bits per heavy atom. The second-order valence-corrected chi connectivity index (χ2v) is 3.15. The van der Waals surface area contributed by atoms with Gasteiger partial charge in [-0.2, -0.15) is 0 Å². The molecule has 1 fully saturated rings. The zero-order valence-electron chi connectivity index (χ0n) is 7.56. The van der Waals surface area contributed by atoms with Gasteiger partial charge in [0.25, 0.3) is 0 Å². The summed E-state index contributed by atoms with van der Waals surface area (Å²) in [5, 5.41) is 16.1. The molecule has 1 aliphatic rings. The van der Waals surface area contributed by atoms with Gasteiger partial charge in [0, 0.05) is 0 Å². The first kappa shape index (κ1) is 9.09. The number of rotatable bonds is 3. The van der Waals surface area contributed by atoms with Crippen LogP contribution in [-0.4, -0.2) is 29.2 Å². The Morgan fingerprint density at radius 1 is 1.42 bits per heavy atom. The number of hydrazine groups is 1. The van der Waals surface area contributed by atoms with Crippen LogP contribution < -0.4 is 0 Å². The van der Waals surface area contributed by atoms with Crippen molar-refractivity contribution in [3.05, 3.63) is 5.21 Å². The molecule has 0 atom stereocenters. The third-order valence-corrected chi connectivity index (χ3v) is 1.65. The SMILES string of the molecule is CC(C)O/N=[N+](\[O-])N1CCCC1. The van der Waals surface area contributed by atoms with Crippen molar-refractivity contribution in [1.82, 2.24) is 5.01 Å². The van der Waals surface area contributed by atoms with Crippen molar-refractivity contribution in [2.75, 3.05) is 13.1 Å². The van der Waals surface area contributed by atoms with Crippen molar-refractivity contribution in [3.8, 4) is 0 Å². The van der Waals surface area contributed by atoms with Crippen LogP contribution in [0.5, 0.6) is 0 Å². The minimum Gasteiger partial charge on any atom is -0.569 e. The van der Waals surface area contributed by atoms with Gasteiger partial charge in [-0.1, -0.05) is 0 Å². The van der Waals surface area contributed by atoms with Gasteiger partial charge in [-0.15, -0.1) is 5.01 Å². The van der Waals surface area contributed by atoms with Crippen LogP contribution in [0.1, 0.15) is 26.7 Å². The van der Waals surface area contributed by atoms with Crippen LogP contribution in [0.15, 0.2) is 5.28 Å². The molecule has 1 saturated heterocycles. The molecule has 0 amide bonds. The van der Waals surface area contributed by atoms with Crippen molar-refractivity contribution in [2.24, 2.45) is 5.28 Å². The molecule has 70 valence electrons. The van der Waals surface area contributed by atoms with Crippen LogP contribution in [0.3, 0.4) is 0 Å². The molecule has 0 N–H and O–H groups in total. The highest BCUT2D eigenvalue weighted by atomic mass is 16.7. The Hall–Kier alpha value is -1.00. The molecule has 12 heavy (non-hydrogen) atoms. The molecule has 0 aromatic carbocycles. The molecule has 1 rings (SSSR count). The molecular formula is C7H15N3O2. The third kappa shape index (κ3) is 2.56. The first-order chi connectivity index (χ1) is 5.70. The minimum absolute atomic E-state index is 0.0379. The smallest absolute Gasteiger partial charge is 0.233 e. The van der Waals surface area contributed by atoms with Crippen LogP contribution >= 0.6 is 0 Å². The van der Waals surface area contributed by atoms with Crippen molar-refractivity contribution in [2.45, 2.75) is 32.8 Å². The van der Waals surface area contributed by atoms with Crippen LogP contribution in [-0.2, 0) is 4.84 Å². The lowest BCUT2D eigenvalue weighted by Gasteiger charge is -2.10. The van der Waals surface area contributed by atoms with Gasteiger partial charge < -0.3 is 10.0 Å². The van der Waals surface area contributed by atoms with Crippen LogP contribution in [0.25, 0.3) is 0 Å². The second-order valence-electron chi connectivity index (χ2n) is 3.15. The maximum atomic E-state index is 11.1. The maximum Gasteiger partial charge on any atom is 0.233 e. The van der Waals surface area contributed by atoms with E-state index >= 15 is 0 Å². The quantitative estimate of drug-likeness (QED) is 0.367. The van der Waals surface area contributed by atoms with Crippen LogP contribution in [0.4, 0.5) is 0 Å². The highest BCUT2D eigenvalue weighted by Crippen LogP contribution is 2.07. The van der Waals surface area contributed by atoms with E-state index < -0.39 is 0 Å². The second kappa shape index (κ2) is 4.13. The average Bonchev–Trinajstić information content (AvgIpc) is 2.51. The zero-order chi connectivity index (χ0) is 8.97. The van der Waals surface area contributed by atoms with Crippen molar-refractivity contribution in [3.63, 3.8) is 0 Å². The summed E-state index contributed by atoms with van der Waals surface area (Å²) in [6.07, 6.45) is 2.09. The lowest BCUT2D eigenvalue weighted by molar-refractivity contribution is -0.708. The summed E-state index contributed by atoms with van der Waals surface area (Å²) in [5.74, 6) is 0. The van der Waals surface area contributed by atoms with Gasteiger partial charge in [0.05, 0.1) is 18.1 Å². The van der Waals surface area contributed by atoms with Gasteiger partial charge in [0.2, 0.25) is 5.28 Å². The molecule has 0 aromatic rings. The molecule has 0 unspecified atom stereocenters. The third-order valence-electron chi connectivity index (χ3n) is 1.65. The van der Waals surface area contributed by atoms with E-state index in [1.54, 1.807) is 5.01 Å². The predicted molar refractivity (Wildman–Crippen MR) is 43.1 cm³/mol. The lowest BCUT2D eigenvalue weighted by atomic mass is 10.4. The highest BCUT2D eigenvalue weighted by Gasteiger charge is 2.18. The Morgan fingerprint density at radius 2 is 2.00 bits per heavy atom. The van der Waals surface area contributed by atoms with Gasteiger partial charge in [-0.25, -0.2) is 0 Å². The summed E-state index contributed by atoms with van der Waals surface area (Å²) in [6.45, 7) is 5.24. The summed E-state index contributed by atoms with van der Waals surface area (Å²) < 4.78 is 0. The first-order valence-electron chi connectivity index (χ1n) is 4.29. The molecule has 0 aliphatic carbocycles. The fourth-order valence-electron chi connectivity index (χ4n) is 1.06. The van der Waals surface area contributed by atoms with E-state index in [4.69, 9.17) is 4.84 Å². The molecule has 0 spiro atoms. The highest BCUT2D eigenvalue weighted by molar-refractivity contribution is 4.55. The molecule has 0 radical (unpaired) electrons. The first-order valence-corrected chi connectivity index (χ1v) is 4.29. The number of hydrogen-bond acceptors (Lipinski definition) is 3. The molecule has 1 aliphatic heterocycles. The normalized spacial score (nSPS) is 18.9. The monoisotopic (exact) mass is 173 g/mol. The summed E-state index contributed by atoms with van der Waals surface area (Å²) in [5.41, 5.74) is 0. The molecule has 0 bridgehead atoms. The number of hydrogen-bond donors (Lipinski definition) is 0. The fourth-order valence-corrected chi connectivity index (χ4v) is 1.06. The van der Waals surface area contributed by atoms with Gasteiger partial charge >= 0.3 is 0 Å². The van der Waals surface area contributed by atoms with Crippen LogP contribution in [0, 0.1) is 5.21 Å².